The van der Waals surface area contributed by atoms with Crippen LogP contribution in [0.4, 0.5) is 0 Å². The van der Waals surface area contributed by atoms with Gasteiger partial charge in [-0.25, -0.2) is 0 Å². The van der Waals surface area contributed by atoms with E-state index in [4.69, 9.17) is 14.2 Å². The molecule has 6 nitrogen and oxygen atoms in total. The molecule has 61 heavy (non-hydrogen) atoms. The van der Waals surface area contributed by atoms with Crippen LogP contribution in [-0.2, 0) is 28.6 Å². The van der Waals surface area contributed by atoms with Gasteiger partial charge in [-0.1, -0.05) is 224 Å². The third kappa shape index (κ3) is 48.5. The van der Waals surface area contributed by atoms with Crippen LogP contribution in [0.2, 0.25) is 0 Å². The summed E-state index contributed by atoms with van der Waals surface area (Å²) >= 11 is 0. The molecule has 0 bridgehead atoms. The van der Waals surface area contributed by atoms with Gasteiger partial charge < -0.3 is 14.2 Å². The van der Waals surface area contributed by atoms with Crippen molar-refractivity contribution in [2.45, 2.75) is 284 Å². The molecule has 0 saturated heterocycles. The van der Waals surface area contributed by atoms with E-state index in [-0.39, 0.29) is 31.1 Å². The van der Waals surface area contributed by atoms with E-state index in [1.165, 1.54) is 154 Å². The van der Waals surface area contributed by atoms with Crippen LogP contribution < -0.4 is 0 Å². The lowest BCUT2D eigenvalue weighted by Crippen LogP contribution is -2.30. The summed E-state index contributed by atoms with van der Waals surface area (Å²) in [5.41, 5.74) is 0. The lowest BCUT2D eigenvalue weighted by Gasteiger charge is -2.18. The summed E-state index contributed by atoms with van der Waals surface area (Å²) in [4.78, 5) is 38.0. The number of ether oxygens (including phenoxy) is 3. The SMILES string of the molecule is CCCCCC/C=C/C=C/CCCCCCCC(=O)OC(COC(=O)CCCCCCCC/C=C/CCCCCCC)COC(=O)CCCCCCCCCCCCCCC. The van der Waals surface area contributed by atoms with Crippen LogP contribution in [0.5, 0.6) is 0 Å². The molecular weight excluding hydrogens is 757 g/mol. The largest absolute Gasteiger partial charge is 0.462 e. The maximum atomic E-state index is 12.8. The molecule has 1 atom stereocenters. The fraction of sp³-hybridized carbons (Fsp3) is 0.836. The van der Waals surface area contributed by atoms with Crippen LogP contribution in [0.3, 0.4) is 0 Å². The molecule has 0 radical (unpaired) electrons. The summed E-state index contributed by atoms with van der Waals surface area (Å²) in [6.45, 7) is 6.61. The summed E-state index contributed by atoms with van der Waals surface area (Å²) in [5, 5.41) is 0. The Kier molecular flexibility index (Phi) is 48.3. The van der Waals surface area contributed by atoms with E-state index >= 15 is 0 Å². The molecule has 0 aromatic carbocycles. The van der Waals surface area contributed by atoms with Crippen molar-refractivity contribution in [3.63, 3.8) is 0 Å². The Balaban J connectivity index is 4.39. The smallest absolute Gasteiger partial charge is 0.306 e. The highest BCUT2D eigenvalue weighted by Gasteiger charge is 2.19. The molecule has 0 spiro atoms. The highest BCUT2D eigenvalue weighted by Crippen LogP contribution is 2.15. The van der Waals surface area contributed by atoms with Gasteiger partial charge in [-0.2, -0.15) is 0 Å². The van der Waals surface area contributed by atoms with Crippen molar-refractivity contribution >= 4 is 17.9 Å². The zero-order chi connectivity index (χ0) is 44.4. The Morgan fingerprint density at radius 3 is 0.934 bits per heavy atom. The van der Waals surface area contributed by atoms with Gasteiger partial charge in [0.2, 0.25) is 0 Å². The molecule has 1 unspecified atom stereocenters. The highest BCUT2D eigenvalue weighted by molar-refractivity contribution is 5.71. The minimum Gasteiger partial charge on any atom is -0.462 e. The first kappa shape index (κ1) is 58.6. The first-order chi connectivity index (χ1) is 30.0. The number of esters is 3. The lowest BCUT2D eigenvalue weighted by molar-refractivity contribution is -0.167. The highest BCUT2D eigenvalue weighted by atomic mass is 16.6. The zero-order valence-electron chi connectivity index (χ0n) is 40.7. The summed E-state index contributed by atoms with van der Waals surface area (Å²) in [5.74, 6) is -0.888. The summed E-state index contributed by atoms with van der Waals surface area (Å²) < 4.78 is 16.8. The van der Waals surface area contributed by atoms with Gasteiger partial charge >= 0.3 is 17.9 Å². The van der Waals surface area contributed by atoms with E-state index in [1.807, 2.05) is 0 Å². The molecular formula is C55H100O6. The number of hydrogen-bond donors (Lipinski definition) is 0. The first-order valence-corrected chi connectivity index (χ1v) is 26.5. The molecule has 0 N–H and O–H groups in total. The molecule has 0 aromatic rings. The Hall–Kier alpha value is -2.37. The fourth-order valence-corrected chi connectivity index (χ4v) is 7.60. The van der Waals surface area contributed by atoms with Gasteiger partial charge in [0.1, 0.15) is 13.2 Å². The topological polar surface area (TPSA) is 78.9 Å². The normalized spacial score (nSPS) is 12.2. The van der Waals surface area contributed by atoms with E-state index in [0.717, 1.165) is 83.5 Å². The van der Waals surface area contributed by atoms with Crippen molar-refractivity contribution in [2.75, 3.05) is 13.2 Å². The van der Waals surface area contributed by atoms with E-state index in [0.29, 0.717) is 19.3 Å². The quantitative estimate of drug-likeness (QED) is 0.0199. The van der Waals surface area contributed by atoms with Crippen molar-refractivity contribution in [3.8, 4) is 0 Å². The van der Waals surface area contributed by atoms with Gasteiger partial charge in [-0.05, 0) is 70.6 Å². The Morgan fingerprint density at radius 1 is 0.328 bits per heavy atom. The molecule has 0 saturated carbocycles. The van der Waals surface area contributed by atoms with Crippen molar-refractivity contribution in [1.29, 1.82) is 0 Å². The predicted octanol–water partition coefficient (Wildman–Crippen LogP) is 17.3. The Morgan fingerprint density at radius 2 is 0.590 bits per heavy atom. The van der Waals surface area contributed by atoms with Crippen molar-refractivity contribution in [1.82, 2.24) is 0 Å². The number of allylic oxidation sites excluding steroid dienone is 6. The van der Waals surface area contributed by atoms with Gasteiger partial charge in [-0.15, -0.1) is 0 Å². The van der Waals surface area contributed by atoms with Gasteiger partial charge in [0, 0.05) is 19.3 Å². The van der Waals surface area contributed by atoms with E-state index in [9.17, 15) is 14.4 Å². The fourth-order valence-electron chi connectivity index (χ4n) is 7.60. The maximum absolute atomic E-state index is 12.8. The van der Waals surface area contributed by atoms with Gasteiger partial charge in [0.15, 0.2) is 6.10 Å². The van der Waals surface area contributed by atoms with Crippen LogP contribution in [0, 0.1) is 0 Å². The molecule has 0 aromatic heterocycles. The van der Waals surface area contributed by atoms with Gasteiger partial charge in [0.05, 0.1) is 0 Å². The standard InChI is InChI=1S/C55H100O6/c1-4-7-10-13-16-19-22-25-27-30-33-36-39-42-45-48-54(57)60-51-52(50-59-53(56)47-44-41-38-35-32-29-24-21-18-15-12-9-6-3)61-55(58)49-46-43-40-37-34-31-28-26-23-20-17-14-11-8-5-2/h20,22-23,25-26,28,52H,4-19,21,24,27,29-51H2,1-3H3/b23-20+,25-22+,28-26+. The van der Waals surface area contributed by atoms with E-state index in [2.05, 4.69) is 57.2 Å². The molecule has 0 aliphatic rings. The summed E-state index contributed by atoms with van der Waals surface area (Å²) in [6.07, 6.45) is 58.3. The second kappa shape index (κ2) is 50.3. The second-order valence-electron chi connectivity index (χ2n) is 17.8. The minimum atomic E-state index is -0.778. The van der Waals surface area contributed by atoms with Crippen LogP contribution in [0.1, 0.15) is 278 Å². The molecule has 356 valence electrons. The lowest BCUT2D eigenvalue weighted by atomic mass is 10.0. The van der Waals surface area contributed by atoms with Crippen LogP contribution in [0.25, 0.3) is 0 Å². The molecule has 0 aliphatic carbocycles. The first-order valence-electron chi connectivity index (χ1n) is 26.5. The minimum absolute atomic E-state index is 0.0774. The average Bonchev–Trinajstić information content (AvgIpc) is 3.26. The second-order valence-corrected chi connectivity index (χ2v) is 17.8. The molecule has 0 heterocycles. The van der Waals surface area contributed by atoms with Crippen LogP contribution in [0.15, 0.2) is 36.5 Å². The van der Waals surface area contributed by atoms with Crippen LogP contribution in [-0.4, -0.2) is 37.2 Å². The van der Waals surface area contributed by atoms with Crippen molar-refractivity contribution < 1.29 is 28.6 Å². The molecule has 6 heteroatoms. The monoisotopic (exact) mass is 857 g/mol. The number of unbranched alkanes of at least 4 members (excludes halogenated alkanes) is 32. The predicted molar refractivity (Wildman–Crippen MR) is 261 cm³/mol. The van der Waals surface area contributed by atoms with Crippen molar-refractivity contribution in [2.24, 2.45) is 0 Å². The Bertz CT molecular complexity index is 1030. The summed E-state index contributed by atoms with van der Waals surface area (Å²) in [7, 11) is 0. The number of hydrogen-bond acceptors (Lipinski definition) is 6. The number of carbonyl (C=O) groups excluding carboxylic acids is 3. The molecule has 0 aliphatic heterocycles. The molecule has 0 rings (SSSR count). The average molecular weight is 857 g/mol. The molecule has 0 fully saturated rings. The van der Waals surface area contributed by atoms with Gasteiger partial charge in [-0.3, -0.25) is 14.4 Å². The number of rotatable bonds is 48. The third-order valence-electron chi connectivity index (χ3n) is 11.6. The van der Waals surface area contributed by atoms with Crippen LogP contribution >= 0.6 is 0 Å². The zero-order valence-corrected chi connectivity index (χ0v) is 40.7. The van der Waals surface area contributed by atoms with Gasteiger partial charge in [0.25, 0.3) is 0 Å². The van der Waals surface area contributed by atoms with E-state index < -0.39 is 6.10 Å². The maximum Gasteiger partial charge on any atom is 0.306 e. The third-order valence-corrected chi connectivity index (χ3v) is 11.6. The van der Waals surface area contributed by atoms with Crippen molar-refractivity contribution in [3.05, 3.63) is 36.5 Å². The molecule has 0 amide bonds. The van der Waals surface area contributed by atoms with E-state index in [1.54, 1.807) is 0 Å². The number of carbonyl (C=O) groups is 3. The Labute approximate surface area is 378 Å². The summed E-state index contributed by atoms with van der Waals surface area (Å²) in [6, 6.07) is 0.